The van der Waals surface area contributed by atoms with E-state index >= 15 is 0 Å². The molecule has 1 saturated heterocycles. The van der Waals surface area contributed by atoms with E-state index in [0.717, 1.165) is 5.39 Å². The molecule has 34 heavy (non-hydrogen) atoms. The van der Waals surface area contributed by atoms with Crippen molar-refractivity contribution < 1.29 is 13.9 Å². The van der Waals surface area contributed by atoms with Crippen LogP contribution in [0.25, 0.3) is 22.6 Å². The fourth-order valence-corrected chi connectivity index (χ4v) is 4.60. The summed E-state index contributed by atoms with van der Waals surface area (Å²) < 4.78 is 21.4. The number of aromatic nitrogens is 5. The molecule has 1 fully saturated rings. The Balaban J connectivity index is 1.34. The predicted molar refractivity (Wildman–Crippen MR) is 126 cm³/mol. The number of ether oxygens (including phenoxy) is 1. The standard InChI is InChI=1S/C23H23ClFN7O2/c1-14-12-30(18-11-19(34-2)16(24)10-17(18)25)8-9-31(14)20(33)13-32-23-15(4-3-5-28-23)21(29-32)22-26-6-7-27-22/h3-7,10-11,14H,8-9,12-13H2,1-2H3,(H,26,27). The van der Waals surface area contributed by atoms with Crippen molar-refractivity contribution in [3.05, 3.63) is 53.7 Å². The molecule has 11 heteroatoms. The van der Waals surface area contributed by atoms with Gasteiger partial charge in [-0.2, -0.15) is 5.10 Å². The minimum atomic E-state index is -0.419. The Kier molecular flexibility index (Phi) is 5.82. The largest absolute Gasteiger partial charge is 0.495 e. The Bertz CT molecular complexity index is 1340. The first-order valence-electron chi connectivity index (χ1n) is 10.8. The molecule has 1 aliphatic rings. The number of methoxy groups -OCH3 is 1. The summed E-state index contributed by atoms with van der Waals surface area (Å²) >= 11 is 6.03. The summed E-state index contributed by atoms with van der Waals surface area (Å²) in [6.45, 7) is 3.39. The molecule has 1 amide bonds. The number of rotatable bonds is 5. The lowest BCUT2D eigenvalue weighted by Crippen LogP contribution is -2.55. The van der Waals surface area contributed by atoms with Crippen molar-refractivity contribution in [1.29, 1.82) is 0 Å². The van der Waals surface area contributed by atoms with Gasteiger partial charge in [-0.15, -0.1) is 0 Å². The van der Waals surface area contributed by atoms with Crippen LogP contribution in [0.4, 0.5) is 10.1 Å². The zero-order valence-corrected chi connectivity index (χ0v) is 19.5. The smallest absolute Gasteiger partial charge is 0.244 e. The minimum Gasteiger partial charge on any atom is -0.495 e. The van der Waals surface area contributed by atoms with Crippen LogP contribution in [0.2, 0.25) is 5.02 Å². The highest BCUT2D eigenvalue weighted by atomic mass is 35.5. The van der Waals surface area contributed by atoms with Gasteiger partial charge in [-0.3, -0.25) is 4.79 Å². The van der Waals surface area contributed by atoms with E-state index in [1.165, 1.54) is 13.2 Å². The zero-order valence-electron chi connectivity index (χ0n) is 18.7. The normalized spacial score (nSPS) is 16.3. The van der Waals surface area contributed by atoms with Crippen molar-refractivity contribution in [2.75, 3.05) is 31.6 Å². The molecule has 0 bridgehead atoms. The van der Waals surface area contributed by atoms with Gasteiger partial charge >= 0.3 is 0 Å². The molecule has 1 atom stereocenters. The molecule has 1 N–H and O–H groups in total. The predicted octanol–water partition coefficient (Wildman–Crippen LogP) is 3.36. The first-order chi connectivity index (χ1) is 16.5. The summed E-state index contributed by atoms with van der Waals surface area (Å²) in [6.07, 6.45) is 5.05. The van der Waals surface area contributed by atoms with Gasteiger partial charge in [-0.1, -0.05) is 11.6 Å². The topological polar surface area (TPSA) is 92.2 Å². The van der Waals surface area contributed by atoms with Crippen LogP contribution >= 0.6 is 11.6 Å². The number of benzene rings is 1. The van der Waals surface area contributed by atoms with Gasteiger partial charge in [0.05, 0.1) is 23.2 Å². The summed E-state index contributed by atoms with van der Waals surface area (Å²) in [5, 5.41) is 5.66. The van der Waals surface area contributed by atoms with Crippen LogP contribution in [0.1, 0.15) is 6.92 Å². The van der Waals surface area contributed by atoms with Gasteiger partial charge in [-0.05, 0) is 25.1 Å². The van der Waals surface area contributed by atoms with Crippen LogP contribution in [0, 0.1) is 5.82 Å². The zero-order chi connectivity index (χ0) is 23.8. The molecule has 1 unspecified atom stereocenters. The van der Waals surface area contributed by atoms with E-state index in [9.17, 15) is 9.18 Å². The molecular weight excluding hydrogens is 461 g/mol. The van der Waals surface area contributed by atoms with E-state index < -0.39 is 5.82 Å². The van der Waals surface area contributed by atoms with Crippen LogP contribution in [0.3, 0.4) is 0 Å². The van der Waals surface area contributed by atoms with Gasteiger partial charge in [0.2, 0.25) is 5.91 Å². The van der Waals surface area contributed by atoms with E-state index in [1.807, 2.05) is 24.0 Å². The number of piperazine rings is 1. The van der Waals surface area contributed by atoms with Crippen LogP contribution in [-0.2, 0) is 11.3 Å². The van der Waals surface area contributed by atoms with Gasteiger partial charge in [0.1, 0.15) is 23.8 Å². The molecule has 5 rings (SSSR count). The highest BCUT2D eigenvalue weighted by molar-refractivity contribution is 6.32. The third kappa shape index (κ3) is 3.94. The summed E-state index contributed by atoms with van der Waals surface area (Å²) in [6, 6.07) is 6.45. The number of pyridine rings is 1. The monoisotopic (exact) mass is 483 g/mol. The maximum atomic E-state index is 14.6. The molecule has 3 aromatic heterocycles. The van der Waals surface area contributed by atoms with Crippen molar-refractivity contribution in [3.8, 4) is 17.3 Å². The number of nitrogens with one attached hydrogen (secondary N) is 1. The lowest BCUT2D eigenvalue weighted by atomic mass is 10.1. The molecule has 176 valence electrons. The van der Waals surface area contributed by atoms with E-state index in [1.54, 1.807) is 34.2 Å². The van der Waals surface area contributed by atoms with Crippen LogP contribution in [-0.4, -0.2) is 68.3 Å². The van der Waals surface area contributed by atoms with Crippen LogP contribution in [0.15, 0.2) is 42.9 Å². The van der Waals surface area contributed by atoms with Crippen molar-refractivity contribution >= 4 is 34.2 Å². The highest BCUT2D eigenvalue weighted by Gasteiger charge is 2.30. The number of hydrogen-bond donors (Lipinski definition) is 1. The van der Waals surface area contributed by atoms with Crippen LogP contribution in [0.5, 0.6) is 5.75 Å². The molecule has 1 aromatic carbocycles. The number of carbonyl (C=O) groups excluding carboxylic acids is 1. The van der Waals surface area contributed by atoms with E-state index in [-0.39, 0.29) is 23.5 Å². The molecule has 1 aliphatic heterocycles. The van der Waals surface area contributed by atoms with Crippen molar-refractivity contribution in [2.45, 2.75) is 19.5 Å². The number of hydrogen-bond acceptors (Lipinski definition) is 6. The average Bonchev–Trinajstić information content (AvgIpc) is 3.48. The van der Waals surface area contributed by atoms with Crippen molar-refractivity contribution in [1.82, 2.24) is 29.6 Å². The number of imidazole rings is 1. The summed E-state index contributed by atoms with van der Waals surface area (Å²) in [5.41, 5.74) is 1.67. The fraction of sp³-hybridized carbons (Fsp3) is 0.304. The SMILES string of the molecule is COc1cc(N2CCN(C(=O)Cn3nc(-c4ncc[nH]4)c4cccnc43)C(C)C2)c(F)cc1Cl. The fourth-order valence-electron chi connectivity index (χ4n) is 4.37. The second-order valence-electron chi connectivity index (χ2n) is 8.14. The Morgan fingerprint density at radius 2 is 2.15 bits per heavy atom. The average molecular weight is 484 g/mol. The van der Waals surface area contributed by atoms with Gasteiger partial charge in [0.15, 0.2) is 11.5 Å². The quantitative estimate of drug-likeness (QED) is 0.468. The number of amides is 1. The molecular formula is C23H23ClFN7O2. The Morgan fingerprint density at radius 1 is 1.29 bits per heavy atom. The molecule has 0 spiro atoms. The number of carbonyl (C=O) groups is 1. The molecule has 0 radical (unpaired) electrons. The van der Waals surface area contributed by atoms with Crippen molar-refractivity contribution in [2.24, 2.45) is 0 Å². The Hall–Kier alpha value is -3.66. The highest BCUT2D eigenvalue weighted by Crippen LogP contribution is 2.33. The number of aromatic amines is 1. The lowest BCUT2D eigenvalue weighted by Gasteiger charge is -2.41. The van der Waals surface area contributed by atoms with Gasteiger partial charge in [-0.25, -0.2) is 19.0 Å². The third-order valence-electron chi connectivity index (χ3n) is 6.02. The summed E-state index contributed by atoms with van der Waals surface area (Å²) in [7, 11) is 1.49. The summed E-state index contributed by atoms with van der Waals surface area (Å²) in [4.78, 5) is 28.7. The minimum absolute atomic E-state index is 0.0433. The maximum Gasteiger partial charge on any atom is 0.244 e. The second-order valence-corrected chi connectivity index (χ2v) is 8.55. The number of anilines is 1. The Morgan fingerprint density at radius 3 is 2.88 bits per heavy atom. The Labute approximate surface area is 200 Å². The van der Waals surface area contributed by atoms with Gasteiger partial charge in [0, 0.05) is 50.3 Å². The summed E-state index contributed by atoms with van der Waals surface area (Å²) in [5.74, 6) is 0.529. The van der Waals surface area contributed by atoms with Crippen molar-refractivity contribution in [3.63, 3.8) is 0 Å². The second kappa shape index (κ2) is 8.94. The first-order valence-corrected chi connectivity index (χ1v) is 11.2. The number of H-pyrrole nitrogens is 1. The first kappa shape index (κ1) is 22.1. The van der Waals surface area contributed by atoms with E-state index in [4.69, 9.17) is 16.3 Å². The molecule has 4 aromatic rings. The third-order valence-corrected chi connectivity index (χ3v) is 6.32. The van der Waals surface area contributed by atoms with Gasteiger partial charge in [0.25, 0.3) is 0 Å². The molecule has 9 nitrogen and oxygen atoms in total. The number of nitrogens with zero attached hydrogens (tertiary/aromatic N) is 6. The molecule has 0 aliphatic carbocycles. The number of fused-ring (bicyclic) bond motifs is 1. The molecule has 4 heterocycles. The van der Waals surface area contributed by atoms with E-state index in [2.05, 4.69) is 20.1 Å². The number of halogens is 2. The van der Waals surface area contributed by atoms with Gasteiger partial charge < -0.3 is 19.5 Å². The van der Waals surface area contributed by atoms with E-state index in [0.29, 0.717) is 48.2 Å². The maximum absolute atomic E-state index is 14.6. The lowest BCUT2D eigenvalue weighted by molar-refractivity contribution is -0.134. The molecule has 0 saturated carbocycles. The van der Waals surface area contributed by atoms with Crippen LogP contribution < -0.4 is 9.64 Å².